The van der Waals surface area contributed by atoms with Crippen molar-refractivity contribution in [2.24, 2.45) is 5.10 Å². The fourth-order valence-electron chi connectivity index (χ4n) is 2.29. The molecule has 2 aromatic carbocycles. The summed E-state index contributed by atoms with van der Waals surface area (Å²) in [6, 6.07) is 11.4. The van der Waals surface area contributed by atoms with E-state index in [0.29, 0.717) is 28.8 Å². The van der Waals surface area contributed by atoms with E-state index in [1.165, 1.54) is 12.3 Å². The molecule has 0 aliphatic rings. The lowest BCUT2D eigenvalue weighted by Crippen LogP contribution is -2.24. The van der Waals surface area contributed by atoms with Crippen LogP contribution in [0.25, 0.3) is 10.9 Å². The van der Waals surface area contributed by atoms with Crippen LogP contribution in [0.5, 0.6) is 11.5 Å². The zero-order valence-electron chi connectivity index (χ0n) is 13.9. The van der Waals surface area contributed by atoms with Gasteiger partial charge in [-0.25, -0.2) is 10.4 Å². The third-order valence-corrected chi connectivity index (χ3v) is 3.49. The Hall–Kier alpha value is -3.68. The fourth-order valence-corrected chi connectivity index (χ4v) is 2.29. The number of rotatable bonds is 5. The van der Waals surface area contributed by atoms with Crippen molar-refractivity contribution in [3.8, 4) is 11.5 Å². The van der Waals surface area contributed by atoms with Gasteiger partial charge in [0.25, 0.3) is 5.56 Å². The normalized spacial score (nSPS) is 11.0. The van der Waals surface area contributed by atoms with Crippen molar-refractivity contribution < 1.29 is 14.6 Å². The van der Waals surface area contributed by atoms with Crippen LogP contribution in [0.1, 0.15) is 23.1 Å². The highest BCUT2D eigenvalue weighted by Crippen LogP contribution is 2.26. The van der Waals surface area contributed by atoms with E-state index in [1.807, 2.05) is 0 Å². The van der Waals surface area contributed by atoms with Crippen LogP contribution in [-0.4, -0.2) is 33.8 Å². The van der Waals surface area contributed by atoms with Gasteiger partial charge >= 0.3 is 5.91 Å². The third-order valence-electron chi connectivity index (χ3n) is 3.49. The van der Waals surface area contributed by atoms with Crippen LogP contribution < -0.4 is 15.7 Å². The highest BCUT2D eigenvalue weighted by atomic mass is 16.5. The van der Waals surface area contributed by atoms with Crippen molar-refractivity contribution in [3.05, 3.63) is 64.2 Å². The smallest absolute Gasteiger partial charge is 0.307 e. The molecule has 0 fully saturated rings. The number of aromatic nitrogens is 2. The second-order valence-corrected chi connectivity index (χ2v) is 5.29. The molecule has 0 aliphatic carbocycles. The number of hydrogen-bond donors (Lipinski definition) is 3. The fraction of sp³-hybridized carbons (Fsp3) is 0.111. The van der Waals surface area contributed by atoms with Crippen molar-refractivity contribution in [2.45, 2.75) is 6.92 Å². The number of hydrazone groups is 1. The summed E-state index contributed by atoms with van der Waals surface area (Å²) < 4.78 is 5.28. The Morgan fingerprint density at radius 1 is 1.35 bits per heavy atom. The van der Waals surface area contributed by atoms with E-state index >= 15 is 0 Å². The van der Waals surface area contributed by atoms with Crippen LogP contribution >= 0.6 is 0 Å². The summed E-state index contributed by atoms with van der Waals surface area (Å²) in [4.78, 5) is 30.7. The van der Waals surface area contributed by atoms with Gasteiger partial charge in [-0.1, -0.05) is 12.1 Å². The summed E-state index contributed by atoms with van der Waals surface area (Å²) in [5.74, 6) is -0.436. The minimum absolute atomic E-state index is 0.0194. The van der Waals surface area contributed by atoms with E-state index in [4.69, 9.17) is 4.74 Å². The summed E-state index contributed by atoms with van der Waals surface area (Å²) in [6.45, 7) is 2.21. The maximum absolute atomic E-state index is 12.1. The molecule has 1 heterocycles. The number of H-pyrrole nitrogens is 1. The highest BCUT2D eigenvalue weighted by Gasteiger charge is 2.10. The summed E-state index contributed by atoms with van der Waals surface area (Å²) in [5.41, 5.74) is 2.94. The molecule has 3 rings (SSSR count). The van der Waals surface area contributed by atoms with Crippen molar-refractivity contribution in [1.29, 1.82) is 0 Å². The van der Waals surface area contributed by atoms with Crippen LogP contribution in [0.15, 0.2) is 52.4 Å². The Morgan fingerprint density at radius 2 is 2.15 bits per heavy atom. The molecule has 3 aromatic rings. The van der Waals surface area contributed by atoms with E-state index in [-0.39, 0.29) is 11.6 Å². The molecule has 0 aliphatic heterocycles. The molecule has 0 unspecified atom stereocenters. The number of amides is 1. The molecule has 26 heavy (non-hydrogen) atoms. The second kappa shape index (κ2) is 7.47. The van der Waals surface area contributed by atoms with Crippen LogP contribution in [0.2, 0.25) is 0 Å². The second-order valence-electron chi connectivity index (χ2n) is 5.29. The molecule has 0 atom stereocenters. The number of phenols is 1. The first-order chi connectivity index (χ1) is 12.6. The number of benzene rings is 2. The number of fused-ring (bicyclic) bond motifs is 1. The lowest BCUT2D eigenvalue weighted by atomic mass is 10.2. The molecule has 1 amide bonds. The minimum atomic E-state index is -0.645. The van der Waals surface area contributed by atoms with Gasteiger partial charge in [0, 0.05) is 0 Å². The molecule has 8 nitrogen and oxygen atoms in total. The quantitative estimate of drug-likeness (QED) is 0.478. The number of hydrogen-bond acceptors (Lipinski definition) is 6. The molecule has 8 heteroatoms. The van der Waals surface area contributed by atoms with Gasteiger partial charge in [-0.05, 0) is 42.8 Å². The van der Waals surface area contributed by atoms with Crippen LogP contribution in [0.3, 0.4) is 0 Å². The van der Waals surface area contributed by atoms with Gasteiger partial charge in [-0.15, -0.1) is 0 Å². The van der Waals surface area contributed by atoms with Gasteiger partial charge in [0.15, 0.2) is 11.5 Å². The molecule has 0 saturated heterocycles. The average molecular weight is 352 g/mol. The molecule has 0 spiro atoms. The molecule has 1 aromatic heterocycles. The van der Waals surface area contributed by atoms with Crippen molar-refractivity contribution in [1.82, 2.24) is 15.4 Å². The highest BCUT2D eigenvalue weighted by molar-refractivity contribution is 5.93. The molecule has 0 radical (unpaired) electrons. The number of carbonyl (C=O) groups excluding carboxylic acids is 1. The minimum Gasteiger partial charge on any atom is -0.504 e. The van der Waals surface area contributed by atoms with Gasteiger partial charge in [-0.2, -0.15) is 5.10 Å². The van der Waals surface area contributed by atoms with Gasteiger partial charge in [0.05, 0.1) is 23.7 Å². The summed E-state index contributed by atoms with van der Waals surface area (Å²) in [6.07, 6.45) is 1.39. The number of nitrogens with zero attached hydrogens (tertiary/aromatic N) is 2. The number of aromatic amines is 1. The number of aromatic hydroxyl groups is 1. The van der Waals surface area contributed by atoms with Gasteiger partial charge in [0.1, 0.15) is 0 Å². The third kappa shape index (κ3) is 3.69. The van der Waals surface area contributed by atoms with E-state index in [1.54, 1.807) is 43.3 Å². The lowest BCUT2D eigenvalue weighted by Gasteiger charge is -2.06. The standard InChI is InChI=1S/C18H16N4O4/c1-2-26-15-9-11(7-8-14(15)23)10-19-22-18(25)16-20-13-6-4-3-5-12(13)17(24)21-16/h3-10,23H,2H2,1H3,(H,22,25)(H,20,21,24). The van der Waals surface area contributed by atoms with E-state index < -0.39 is 11.5 Å². The Kier molecular flexibility index (Phi) is 4.93. The largest absolute Gasteiger partial charge is 0.504 e. The van der Waals surface area contributed by atoms with Crippen LogP contribution in [0, 0.1) is 0 Å². The van der Waals surface area contributed by atoms with Crippen LogP contribution in [-0.2, 0) is 0 Å². The topological polar surface area (TPSA) is 117 Å². The Balaban J connectivity index is 1.76. The molecule has 132 valence electrons. The zero-order valence-corrected chi connectivity index (χ0v) is 13.9. The number of nitrogens with one attached hydrogen (secondary N) is 2. The molecule has 0 bridgehead atoms. The Labute approximate surface area is 148 Å². The predicted molar refractivity (Wildman–Crippen MR) is 96.7 cm³/mol. The Bertz CT molecular complexity index is 1040. The summed E-state index contributed by atoms with van der Waals surface area (Å²) in [7, 11) is 0. The summed E-state index contributed by atoms with van der Waals surface area (Å²) >= 11 is 0. The van der Waals surface area contributed by atoms with Crippen molar-refractivity contribution in [2.75, 3.05) is 6.61 Å². The maximum Gasteiger partial charge on any atom is 0.307 e. The average Bonchev–Trinajstić information content (AvgIpc) is 2.64. The molecule has 3 N–H and O–H groups in total. The first-order valence-electron chi connectivity index (χ1n) is 7.86. The number of carbonyl (C=O) groups is 1. The van der Waals surface area contributed by atoms with E-state index in [2.05, 4.69) is 20.5 Å². The summed E-state index contributed by atoms with van der Waals surface area (Å²) in [5, 5.41) is 13.9. The van der Waals surface area contributed by atoms with Crippen LogP contribution in [0.4, 0.5) is 0 Å². The number of para-hydroxylation sites is 1. The lowest BCUT2D eigenvalue weighted by molar-refractivity contribution is 0.0945. The van der Waals surface area contributed by atoms with Gasteiger partial charge in [-0.3, -0.25) is 9.59 Å². The maximum atomic E-state index is 12.1. The predicted octanol–water partition coefficient (Wildman–Crippen LogP) is 1.79. The van der Waals surface area contributed by atoms with E-state index in [0.717, 1.165) is 0 Å². The number of phenolic OH excluding ortho intramolecular Hbond substituents is 1. The SMILES string of the molecule is CCOc1cc(C=NNC(=O)c2nc3ccccc3c(=O)[nH]2)ccc1O. The first-order valence-corrected chi connectivity index (χ1v) is 7.86. The van der Waals surface area contributed by atoms with Crippen molar-refractivity contribution >= 4 is 23.0 Å². The van der Waals surface area contributed by atoms with Gasteiger partial charge < -0.3 is 14.8 Å². The monoisotopic (exact) mass is 352 g/mol. The van der Waals surface area contributed by atoms with Crippen molar-refractivity contribution in [3.63, 3.8) is 0 Å². The number of ether oxygens (including phenoxy) is 1. The first kappa shape index (κ1) is 17.2. The van der Waals surface area contributed by atoms with Gasteiger partial charge in [0.2, 0.25) is 5.82 Å². The van der Waals surface area contributed by atoms with E-state index in [9.17, 15) is 14.7 Å². The zero-order chi connectivity index (χ0) is 18.5. The Morgan fingerprint density at radius 3 is 2.96 bits per heavy atom. The molecule has 0 saturated carbocycles. The molecular weight excluding hydrogens is 336 g/mol. The molecular formula is C18H16N4O4.